The van der Waals surface area contributed by atoms with Gasteiger partial charge in [0.25, 0.3) is 0 Å². The van der Waals surface area contributed by atoms with E-state index in [1.165, 1.54) is 0 Å². The van der Waals surface area contributed by atoms with Crippen LogP contribution in [0, 0.1) is 0 Å². The van der Waals surface area contributed by atoms with Crippen LogP contribution in [0.3, 0.4) is 0 Å². The maximum absolute atomic E-state index is 6.14. The number of nitrogens with zero attached hydrogens (tertiary/aromatic N) is 2. The van der Waals surface area contributed by atoms with E-state index >= 15 is 0 Å². The van der Waals surface area contributed by atoms with Crippen LogP contribution in [0.4, 0.5) is 17.5 Å². The molecule has 122 valence electrons. The summed E-state index contributed by atoms with van der Waals surface area (Å²) >= 11 is 6.14. The van der Waals surface area contributed by atoms with E-state index in [1.807, 2.05) is 54.6 Å². The highest BCUT2D eigenvalue weighted by Gasteiger charge is 2.03. The molecule has 0 radical (unpaired) electrons. The SMILES string of the molecule is COc1ccc(CNc2ccnc(Nc3ccccc3Cl)n2)cc1. The van der Waals surface area contributed by atoms with Crippen LogP contribution in [-0.2, 0) is 6.54 Å². The summed E-state index contributed by atoms with van der Waals surface area (Å²) in [5.41, 5.74) is 1.90. The van der Waals surface area contributed by atoms with Crippen molar-refractivity contribution < 1.29 is 4.74 Å². The Morgan fingerprint density at radius 2 is 1.83 bits per heavy atom. The van der Waals surface area contributed by atoms with Crippen molar-refractivity contribution in [1.29, 1.82) is 0 Å². The van der Waals surface area contributed by atoms with Gasteiger partial charge in [-0.05, 0) is 35.9 Å². The molecule has 0 aliphatic carbocycles. The fourth-order valence-electron chi connectivity index (χ4n) is 2.14. The normalized spacial score (nSPS) is 10.2. The molecule has 3 aromatic rings. The van der Waals surface area contributed by atoms with Gasteiger partial charge in [-0.15, -0.1) is 0 Å². The summed E-state index contributed by atoms with van der Waals surface area (Å²) in [4.78, 5) is 8.66. The largest absolute Gasteiger partial charge is 0.497 e. The molecular weight excluding hydrogens is 324 g/mol. The molecule has 0 aliphatic rings. The number of anilines is 3. The third-order valence-electron chi connectivity index (χ3n) is 3.41. The second kappa shape index (κ2) is 7.66. The van der Waals surface area contributed by atoms with Crippen LogP contribution in [0.25, 0.3) is 0 Å². The monoisotopic (exact) mass is 340 g/mol. The summed E-state index contributed by atoms with van der Waals surface area (Å²) in [7, 11) is 1.65. The van der Waals surface area contributed by atoms with Crippen molar-refractivity contribution in [3.63, 3.8) is 0 Å². The Bertz CT molecular complexity index is 808. The highest BCUT2D eigenvalue weighted by atomic mass is 35.5. The van der Waals surface area contributed by atoms with Crippen molar-refractivity contribution in [3.05, 3.63) is 71.4 Å². The Balaban J connectivity index is 1.65. The third kappa shape index (κ3) is 4.14. The minimum absolute atomic E-state index is 0.489. The van der Waals surface area contributed by atoms with Crippen LogP contribution in [0.2, 0.25) is 5.02 Å². The molecule has 2 N–H and O–H groups in total. The molecule has 6 heteroatoms. The molecule has 0 bridgehead atoms. The van der Waals surface area contributed by atoms with Crippen LogP contribution in [-0.4, -0.2) is 17.1 Å². The molecule has 2 aromatic carbocycles. The van der Waals surface area contributed by atoms with Gasteiger partial charge >= 0.3 is 0 Å². The molecule has 0 fully saturated rings. The van der Waals surface area contributed by atoms with E-state index in [4.69, 9.17) is 16.3 Å². The Hall–Kier alpha value is -2.79. The number of hydrogen-bond acceptors (Lipinski definition) is 5. The van der Waals surface area contributed by atoms with Crippen molar-refractivity contribution in [3.8, 4) is 5.75 Å². The molecule has 0 aliphatic heterocycles. The quantitative estimate of drug-likeness (QED) is 0.692. The fourth-order valence-corrected chi connectivity index (χ4v) is 2.32. The summed E-state index contributed by atoms with van der Waals surface area (Å²) < 4.78 is 5.15. The minimum atomic E-state index is 0.489. The zero-order valence-corrected chi connectivity index (χ0v) is 13.9. The van der Waals surface area contributed by atoms with Gasteiger partial charge in [-0.3, -0.25) is 0 Å². The maximum atomic E-state index is 6.14. The van der Waals surface area contributed by atoms with Gasteiger partial charge < -0.3 is 15.4 Å². The Morgan fingerprint density at radius 3 is 2.58 bits per heavy atom. The molecule has 1 heterocycles. The molecule has 24 heavy (non-hydrogen) atoms. The number of halogens is 1. The lowest BCUT2D eigenvalue weighted by molar-refractivity contribution is 0.414. The number of aromatic nitrogens is 2. The second-order valence-electron chi connectivity index (χ2n) is 5.07. The van der Waals surface area contributed by atoms with Crippen LogP contribution in [0.15, 0.2) is 60.8 Å². The molecule has 0 spiro atoms. The van der Waals surface area contributed by atoms with Gasteiger partial charge in [-0.1, -0.05) is 35.9 Å². The molecular formula is C18H17ClN4O. The number of benzene rings is 2. The van der Waals surface area contributed by atoms with E-state index in [2.05, 4.69) is 20.6 Å². The summed E-state index contributed by atoms with van der Waals surface area (Å²) in [5, 5.41) is 7.01. The van der Waals surface area contributed by atoms with Gasteiger partial charge in [-0.25, -0.2) is 4.98 Å². The first kappa shape index (κ1) is 16.1. The lowest BCUT2D eigenvalue weighted by Gasteiger charge is -2.09. The van der Waals surface area contributed by atoms with Crippen LogP contribution < -0.4 is 15.4 Å². The summed E-state index contributed by atoms with van der Waals surface area (Å²) in [6.07, 6.45) is 1.70. The number of hydrogen-bond donors (Lipinski definition) is 2. The van der Waals surface area contributed by atoms with Crippen LogP contribution in [0.5, 0.6) is 5.75 Å². The highest BCUT2D eigenvalue weighted by Crippen LogP contribution is 2.23. The van der Waals surface area contributed by atoms with E-state index in [-0.39, 0.29) is 0 Å². The molecule has 0 saturated carbocycles. The van der Waals surface area contributed by atoms with E-state index in [1.54, 1.807) is 13.3 Å². The highest BCUT2D eigenvalue weighted by molar-refractivity contribution is 6.33. The fraction of sp³-hybridized carbons (Fsp3) is 0.111. The molecule has 5 nitrogen and oxygen atoms in total. The number of ether oxygens (including phenoxy) is 1. The van der Waals surface area contributed by atoms with Gasteiger partial charge in [0.15, 0.2) is 0 Å². The molecule has 0 amide bonds. The first-order valence-electron chi connectivity index (χ1n) is 7.46. The minimum Gasteiger partial charge on any atom is -0.497 e. The second-order valence-corrected chi connectivity index (χ2v) is 5.48. The predicted octanol–water partition coefficient (Wildman–Crippen LogP) is 4.49. The number of para-hydroxylation sites is 1. The third-order valence-corrected chi connectivity index (χ3v) is 3.74. The first-order chi connectivity index (χ1) is 11.7. The average molecular weight is 341 g/mol. The van der Waals surface area contributed by atoms with E-state index in [0.29, 0.717) is 17.5 Å². The lowest BCUT2D eigenvalue weighted by Crippen LogP contribution is -2.04. The smallest absolute Gasteiger partial charge is 0.229 e. The summed E-state index contributed by atoms with van der Waals surface area (Å²) in [6, 6.07) is 17.2. The van der Waals surface area contributed by atoms with Gasteiger partial charge in [-0.2, -0.15) is 4.98 Å². The molecule has 0 saturated heterocycles. The van der Waals surface area contributed by atoms with Gasteiger partial charge in [0, 0.05) is 12.7 Å². The molecule has 3 rings (SSSR count). The standard InChI is InChI=1S/C18H17ClN4O/c1-24-14-8-6-13(7-9-14)12-21-17-10-11-20-18(23-17)22-16-5-3-2-4-15(16)19/h2-11H,12H2,1H3,(H2,20,21,22,23). The predicted molar refractivity (Wildman–Crippen MR) is 97.1 cm³/mol. The summed E-state index contributed by atoms with van der Waals surface area (Å²) in [6.45, 7) is 0.659. The topological polar surface area (TPSA) is 59.1 Å². The van der Waals surface area contributed by atoms with Crippen molar-refractivity contribution in [2.24, 2.45) is 0 Å². The Kier molecular flexibility index (Phi) is 5.13. The van der Waals surface area contributed by atoms with Crippen LogP contribution >= 0.6 is 11.6 Å². The van der Waals surface area contributed by atoms with Gasteiger partial charge in [0.2, 0.25) is 5.95 Å². The summed E-state index contributed by atoms with van der Waals surface area (Å²) in [5.74, 6) is 2.06. The lowest BCUT2D eigenvalue weighted by atomic mass is 10.2. The van der Waals surface area contributed by atoms with Crippen LogP contribution in [0.1, 0.15) is 5.56 Å². The van der Waals surface area contributed by atoms with Crippen molar-refractivity contribution >= 4 is 29.1 Å². The molecule has 0 unspecified atom stereocenters. The number of nitrogens with one attached hydrogen (secondary N) is 2. The molecule has 1 aromatic heterocycles. The number of rotatable bonds is 6. The number of methoxy groups -OCH3 is 1. The maximum Gasteiger partial charge on any atom is 0.229 e. The Morgan fingerprint density at radius 1 is 1.04 bits per heavy atom. The van der Waals surface area contributed by atoms with Gasteiger partial charge in [0.05, 0.1) is 17.8 Å². The van der Waals surface area contributed by atoms with Crippen molar-refractivity contribution in [2.45, 2.75) is 6.54 Å². The average Bonchev–Trinajstić information content (AvgIpc) is 2.63. The van der Waals surface area contributed by atoms with E-state index in [0.717, 1.165) is 22.8 Å². The first-order valence-corrected chi connectivity index (χ1v) is 7.84. The van der Waals surface area contributed by atoms with Crippen molar-refractivity contribution in [1.82, 2.24) is 9.97 Å². The molecule has 0 atom stereocenters. The zero-order valence-electron chi connectivity index (χ0n) is 13.2. The van der Waals surface area contributed by atoms with E-state index in [9.17, 15) is 0 Å². The van der Waals surface area contributed by atoms with E-state index < -0.39 is 0 Å². The Labute approximate surface area is 145 Å². The van der Waals surface area contributed by atoms with Gasteiger partial charge in [0.1, 0.15) is 11.6 Å². The van der Waals surface area contributed by atoms with Crippen molar-refractivity contribution in [2.75, 3.05) is 17.7 Å². The zero-order chi connectivity index (χ0) is 16.8.